The predicted octanol–water partition coefficient (Wildman–Crippen LogP) is 3.25. The highest BCUT2D eigenvalue weighted by molar-refractivity contribution is 9.10. The summed E-state index contributed by atoms with van der Waals surface area (Å²) in [6.45, 7) is 0.806. The van der Waals surface area contributed by atoms with Gasteiger partial charge in [-0.2, -0.15) is 0 Å². The van der Waals surface area contributed by atoms with Crippen LogP contribution in [0, 0.1) is 0 Å². The minimum Gasteiger partial charge on any atom is -0.384 e. The van der Waals surface area contributed by atoms with Crippen LogP contribution in [0.4, 0.5) is 0 Å². The lowest BCUT2D eigenvalue weighted by molar-refractivity contribution is 0.220. The Morgan fingerprint density at radius 3 is 2.50 bits per heavy atom. The number of aliphatic hydroxyl groups excluding tert-OH is 1. The first-order chi connectivity index (χ1) is 8.70. The van der Waals surface area contributed by atoms with Crippen LogP contribution in [0.25, 0.3) is 0 Å². The monoisotopic (exact) mass is 305 g/mol. The zero-order valence-corrected chi connectivity index (χ0v) is 11.8. The molecule has 2 rings (SSSR count). The Labute approximate surface area is 116 Å². The highest BCUT2D eigenvalue weighted by Gasteiger charge is 2.10. The summed E-state index contributed by atoms with van der Waals surface area (Å²) in [4.78, 5) is 0. The van der Waals surface area contributed by atoms with Gasteiger partial charge in [-0.25, -0.2) is 0 Å². The standard InChI is InChI=1S/C15H16BrNO/c1-17-10-11-3-2-4-13(9-11)15(18)12-5-7-14(16)8-6-12/h2-9,15,17-18H,10H2,1H3. The smallest absolute Gasteiger partial charge is 0.104 e. The third-order valence-corrected chi connectivity index (χ3v) is 3.36. The molecule has 3 heteroatoms. The van der Waals surface area contributed by atoms with Crippen molar-refractivity contribution in [1.29, 1.82) is 0 Å². The molecule has 2 aromatic carbocycles. The van der Waals surface area contributed by atoms with Crippen LogP contribution in [0.15, 0.2) is 53.0 Å². The van der Waals surface area contributed by atoms with E-state index in [-0.39, 0.29) is 0 Å². The maximum absolute atomic E-state index is 10.3. The van der Waals surface area contributed by atoms with Crippen molar-refractivity contribution >= 4 is 15.9 Å². The first kappa shape index (κ1) is 13.3. The Balaban J connectivity index is 2.24. The number of hydrogen-bond donors (Lipinski definition) is 2. The number of halogens is 1. The summed E-state index contributed by atoms with van der Waals surface area (Å²) in [7, 11) is 1.91. The first-order valence-corrected chi connectivity index (χ1v) is 6.67. The fourth-order valence-electron chi connectivity index (χ4n) is 1.91. The summed E-state index contributed by atoms with van der Waals surface area (Å²) in [6.07, 6.45) is -0.574. The SMILES string of the molecule is CNCc1cccc(C(O)c2ccc(Br)cc2)c1. The van der Waals surface area contributed by atoms with Gasteiger partial charge in [0.2, 0.25) is 0 Å². The Kier molecular flexibility index (Phi) is 4.53. The van der Waals surface area contributed by atoms with Crippen molar-refractivity contribution in [3.8, 4) is 0 Å². The highest BCUT2D eigenvalue weighted by Crippen LogP contribution is 2.24. The van der Waals surface area contributed by atoms with Gasteiger partial charge in [-0.1, -0.05) is 52.3 Å². The maximum atomic E-state index is 10.3. The van der Waals surface area contributed by atoms with Gasteiger partial charge in [-0.15, -0.1) is 0 Å². The molecule has 2 aromatic rings. The van der Waals surface area contributed by atoms with Gasteiger partial charge in [-0.05, 0) is 35.9 Å². The van der Waals surface area contributed by atoms with Gasteiger partial charge in [0.1, 0.15) is 6.10 Å². The molecule has 0 aliphatic rings. The van der Waals surface area contributed by atoms with Crippen molar-refractivity contribution in [2.45, 2.75) is 12.6 Å². The Morgan fingerprint density at radius 1 is 1.11 bits per heavy atom. The minimum absolute atomic E-state index is 0.574. The average molecular weight is 306 g/mol. The molecule has 0 saturated heterocycles. The molecule has 0 fully saturated rings. The molecule has 0 amide bonds. The second-order valence-corrected chi connectivity index (χ2v) is 5.15. The van der Waals surface area contributed by atoms with Crippen LogP contribution >= 0.6 is 15.9 Å². The van der Waals surface area contributed by atoms with Gasteiger partial charge in [0.05, 0.1) is 0 Å². The fraction of sp³-hybridized carbons (Fsp3) is 0.200. The molecule has 0 spiro atoms. The van der Waals surface area contributed by atoms with Crippen LogP contribution in [0.5, 0.6) is 0 Å². The van der Waals surface area contributed by atoms with Crippen molar-refractivity contribution in [3.63, 3.8) is 0 Å². The normalized spacial score (nSPS) is 12.4. The summed E-state index contributed by atoms with van der Waals surface area (Å²) < 4.78 is 1.02. The van der Waals surface area contributed by atoms with E-state index in [1.807, 2.05) is 55.6 Å². The number of nitrogens with one attached hydrogen (secondary N) is 1. The van der Waals surface area contributed by atoms with Crippen molar-refractivity contribution in [1.82, 2.24) is 5.32 Å². The third kappa shape index (κ3) is 3.19. The fourth-order valence-corrected chi connectivity index (χ4v) is 2.18. The molecule has 18 heavy (non-hydrogen) atoms. The number of aliphatic hydroxyl groups is 1. The van der Waals surface area contributed by atoms with Gasteiger partial charge in [0.15, 0.2) is 0 Å². The summed E-state index contributed by atoms with van der Waals surface area (Å²) in [5, 5.41) is 13.4. The van der Waals surface area contributed by atoms with E-state index in [4.69, 9.17) is 0 Å². The summed E-state index contributed by atoms with van der Waals surface area (Å²) in [6, 6.07) is 15.7. The molecule has 0 radical (unpaired) electrons. The molecular formula is C15H16BrNO. The van der Waals surface area contributed by atoms with Crippen LogP contribution in [0.3, 0.4) is 0 Å². The predicted molar refractivity (Wildman–Crippen MR) is 77.4 cm³/mol. The number of benzene rings is 2. The van der Waals surface area contributed by atoms with E-state index in [0.717, 1.165) is 22.1 Å². The van der Waals surface area contributed by atoms with Crippen LogP contribution in [0.1, 0.15) is 22.8 Å². The van der Waals surface area contributed by atoms with Crippen LogP contribution in [0.2, 0.25) is 0 Å². The molecule has 0 saturated carbocycles. The molecule has 0 aliphatic carbocycles. The molecule has 0 aromatic heterocycles. The van der Waals surface area contributed by atoms with E-state index < -0.39 is 6.10 Å². The number of rotatable bonds is 4. The summed E-state index contributed by atoms with van der Waals surface area (Å²) in [5.41, 5.74) is 3.00. The largest absolute Gasteiger partial charge is 0.384 e. The summed E-state index contributed by atoms with van der Waals surface area (Å²) >= 11 is 3.39. The molecular weight excluding hydrogens is 290 g/mol. The molecule has 1 unspecified atom stereocenters. The zero-order valence-electron chi connectivity index (χ0n) is 10.2. The van der Waals surface area contributed by atoms with Crippen LogP contribution in [-0.2, 0) is 6.54 Å². The molecule has 2 nitrogen and oxygen atoms in total. The van der Waals surface area contributed by atoms with E-state index >= 15 is 0 Å². The quantitative estimate of drug-likeness (QED) is 0.909. The second-order valence-electron chi connectivity index (χ2n) is 4.23. The van der Waals surface area contributed by atoms with E-state index in [9.17, 15) is 5.11 Å². The third-order valence-electron chi connectivity index (χ3n) is 2.83. The minimum atomic E-state index is -0.574. The highest BCUT2D eigenvalue weighted by atomic mass is 79.9. The number of hydrogen-bond acceptors (Lipinski definition) is 2. The van der Waals surface area contributed by atoms with Gasteiger partial charge in [0, 0.05) is 11.0 Å². The van der Waals surface area contributed by atoms with Crippen LogP contribution < -0.4 is 5.32 Å². The maximum Gasteiger partial charge on any atom is 0.104 e. The van der Waals surface area contributed by atoms with Gasteiger partial charge >= 0.3 is 0 Å². The molecule has 0 aliphatic heterocycles. The molecule has 1 atom stereocenters. The van der Waals surface area contributed by atoms with E-state index in [0.29, 0.717) is 0 Å². The van der Waals surface area contributed by atoms with Crippen molar-refractivity contribution in [2.75, 3.05) is 7.05 Å². The second kappa shape index (κ2) is 6.14. The Hall–Kier alpha value is -1.16. The lowest BCUT2D eigenvalue weighted by Crippen LogP contribution is -2.06. The zero-order chi connectivity index (χ0) is 13.0. The van der Waals surface area contributed by atoms with Crippen molar-refractivity contribution < 1.29 is 5.11 Å². The average Bonchev–Trinajstić information content (AvgIpc) is 2.39. The van der Waals surface area contributed by atoms with Gasteiger partial charge < -0.3 is 10.4 Å². The van der Waals surface area contributed by atoms with Crippen LogP contribution in [-0.4, -0.2) is 12.2 Å². The lowest BCUT2D eigenvalue weighted by atomic mass is 10.00. The van der Waals surface area contributed by atoms with E-state index in [2.05, 4.69) is 21.2 Å². The van der Waals surface area contributed by atoms with Gasteiger partial charge in [-0.3, -0.25) is 0 Å². The lowest BCUT2D eigenvalue weighted by Gasteiger charge is -2.13. The van der Waals surface area contributed by atoms with Gasteiger partial charge in [0.25, 0.3) is 0 Å². The summed E-state index contributed by atoms with van der Waals surface area (Å²) in [5.74, 6) is 0. The first-order valence-electron chi connectivity index (χ1n) is 5.87. The molecule has 0 heterocycles. The molecule has 94 valence electrons. The topological polar surface area (TPSA) is 32.3 Å². The Morgan fingerprint density at radius 2 is 1.83 bits per heavy atom. The molecule has 2 N–H and O–H groups in total. The van der Waals surface area contributed by atoms with Crippen molar-refractivity contribution in [3.05, 3.63) is 69.7 Å². The Bertz CT molecular complexity index is 510. The molecule has 0 bridgehead atoms. The van der Waals surface area contributed by atoms with E-state index in [1.165, 1.54) is 5.56 Å². The van der Waals surface area contributed by atoms with Crippen molar-refractivity contribution in [2.24, 2.45) is 0 Å². The van der Waals surface area contributed by atoms with E-state index in [1.54, 1.807) is 0 Å².